The lowest BCUT2D eigenvalue weighted by Crippen LogP contribution is -2.10. The van der Waals surface area contributed by atoms with Crippen molar-refractivity contribution in [3.63, 3.8) is 0 Å². The number of hydrogen-bond donors (Lipinski definition) is 0. The summed E-state index contributed by atoms with van der Waals surface area (Å²) >= 11 is 18.5. The minimum absolute atomic E-state index is 0.546. The molecule has 0 N–H and O–H groups in total. The van der Waals surface area contributed by atoms with E-state index in [1.165, 1.54) is 33.4 Å². The van der Waals surface area contributed by atoms with E-state index in [0.717, 1.165) is 19.3 Å². The fourth-order valence-electron chi connectivity index (χ4n) is 2.86. The SMILES string of the molecule is CCc1c(CCl)c(CC)c(CCl)c(CC)c1CCl. The van der Waals surface area contributed by atoms with Gasteiger partial charge in [-0.05, 0) is 52.6 Å². The number of alkyl halides is 3. The topological polar surface area (TPSA) is 0 Å². The highest BCUT2D eigenvalue weighted by Gasteiger charge is 2.19. The lowest BCUT2D eigenvalue weighted by molar-refractivity contribution is 0.943. The first-order valence-electron chi connectivity index (χ1n) is 6.54. The highest BCUT2D eigenvalue weighted by Crippen LogP contribution is 2.33. The van der Waals surface area contributed by atoms with Crippen molar-refractivity contribution in [2.75, 3.05) is 0 Å². The maximum atomic E-state index is 6.16. The Balaban J connectivity index is 3.71. The Morgan fingerprint density at radius 3 is 0.833 bits per heavy atom. The number of rotatable bonds is 6. The van der Waals surface area contributed by atoms with Crippen LogP contribution in [0.2, 0.25) is 0 Å². The summed E-state index contributed by atoms with van der Waals surface area (Å²) in [4.78, 5) is 0. The molecule has 0 nitrogen and oxygen atoms in total. The van der Waals surface area contributed by atoms with Gasteiger partial charge in [0.25, 0.3) is 0 Å². The highest BCUT2D eigenvalue weighted by molar-refractivity contribution is 6.19. The maximum Gasteiger partial charge on any atom is 0.0479 e. The molecular weight excluding hydrogens is 287 g/mol. The molecule has 1 rings (SSSR count). The zero-order valence-electron chi connectivity index (χ0n) is 11.4. The average molecular weight is 308 g/mol. The van der Waals surface area contributed by atoms with Crippen molar-refractivity contribution < 1.29 is 0 Å². The fraction of sp³-hybridized carbons (Fsp3) is 0.600. The van der Waals surface area contributed by atoms with Gasteiger partial charge < -0.3 is 0 Å². The van der Waals surface area contributed by atoms with Crippen molar-refractivity contribution in [3.8, 4) is 0 Å². The van der Waals surface area contributed by atoms with Crippen LogP contribution in [0.1, 0.15) is 54.2 Å². The van der Waals surface area contributed by atoms with Crippen molar-refractivity contribution >= 4 is 34.8 Å². The summed E-state index contributed by atoms with van der Waals surface area (Å²) in [5, 5.41) is 0. The van der Waals surface area contributed by atoms with Gasteiger partial charge in [0, 0.05) is 17.6 Å². The van der Waals surface area contributed by atoms with E-state index in [9.17, 15) is 0 Å². The van der Waals surface area contributed by atoms with Crippen LogP contribution in [0.15, 0.2) is 0 Å². The van der Waals surface area contributed by atoms with Crippen molar-refractivity contribution in [2.24, 2.45) is 0 Å². The van der Waals surface area contributed by atoms with Crippen LogP contribution in [-0.4, -0.2) is 0 Å². The molecule has 1 aromatic rings. The van der Waals surface area contributed by atoms with Gasteiger partial charge in [-0.15, -0.1) is 34.8 Å². The van der Waals surface area contributed by atoms with Crippen LogP contribution in [0.4, 0.5) is 0 Å². The second-order valence-electron chi connectivity index (χ2n) is 4.33. The van der Waals surface area contributed by atoms with E-state index in [4.69, 9.17) is 34.8 Å². The zero-order chi connectivity index (χ0) is 13.7. The van der Waals surface area contributed by atoms with Gasteiger partial charge in [0.05, 0.1) is 0 Å². The molecule has 0 aromatic heterocycles. The predicted octanol–water partition coefficient (Wildman–Crippen LogP) is 5.59. The molecule has 0 saturated heterocycles. The summed E-state index contributed by atoms with van der Waals surface area (Å²) < 4.78 is 0. The first kappa shape index (κ1) is 16.1. The normalized spacial score (nSPS) is 11.0. The minimum Gasteiger partial charge on any atom is -0.122 e. The van der Waals surface area contributed by atoms with Gasteiger partial charge in [-0.1, -0.05) is 20.8 Å². The molecule has 0 fully saturated rings. The van der Waals surface area contributed by atoms with Gasteiger partial charge in [0.2, 0.25) is 0 Å². The molecule has 3 heteroatoms. The Bertz CT molecular complexity index is 290. The molecule has 102 valence electrons. The minimum atomic E-state index is 0.546. The smallest absolute Gasteiger partial charge is 0.0479 e. The van der Waals surface area contributed by atoms with E-state index >= 15 is 0 Å². The summed E-state index contributed by atoms with van der Waals surface area (Å²) in [6.07, 6.45) is 2.94. The van der Waals surface area contributed by atoms with Gasteiger partial charge in [-0.2, -0.15) is 0 Å². The van der Waals surface area contributed by atoms with Crippen LogP contribution in [0.5, 0.6) is 0 Å². The molecule has 0 heterocycles. The van der Waals surface area contributed by atoms with Gasteiger partial charge in [0.1, 0.15) is 0 Å². The van der Waals surface area contributed by atoms with Crippen LogP contribution < -0.4 is 0 Å². The maximum absolute atomic E-state index is 6.16. The van der Waals surface area contributed by atoms with Crippen molar-refractivity contribution in [3.05, 3.63) is 33.4 Å². The van der Waals surface area contributed by atoms with Crippen molar-refractivity contribution in [2.45, 2.75) is 57.7 Å². The summed E-state index contributed by atoms with van der Waals surface area (Å²) in [6.45, 7) is 6.50. The van der Waals surface area contributed by atoms with Gasteiger partial charge in [-0.25, -0.2) is 0 Å². The molecule has 18 heavy (non-hydrogen) atoms. The van der Waals surface area contributed by atoms with Gasteiger partial charge in [-0.3, -0.25) is 0 Å². The van der Waals surface area contributed by atoms with Crippen LogP contribution >= 0.6 is 34.8 Å². The third kappa shape index (κ3) is 2.81. The monoisotopic (exact) mass is 306 g/mol. The molecule has 0 aliphatic rings. The van der Waals surface area contributed by atoms with Crippen molar-refractivity contribution in [1.82, 2.24) is 0 Å². The molecule has 0 unspecified atom stereocenters. The molecule has 0 atom stereocenters. The summed E-state index contributed by atoms with van der Waals surface area (Å²) in [6, 6.07) is 0. The van der Waals surface area contributed by atoms with Gasteiger partial charge >= 0.3 is 0 Å². The van der Waals surface area contributed by atoms with E-state index in [2.05, 4.69) is 20.8 Å². The quantitative estimate of drug-likeness (QED) is 0.601. The number of hydrogen-bond acceptors (Lipinski definition) is 0. The highest BCUT2D eigenvalue weighted by atomic mass is 35.5. The molecule has 1 aromatic carbocycles. The number of benzene rings is 1. The van der Waals surface area contributed by atoms with E-state index in [-0.39, 0.29) is 0 Å². The zero-order valence-corrected chi connectivity index (χ0v) is 13.6. The van der Waals surface area contributed by atoms with Crippen molar-refractivity contribution in [1.29, 1.82) is 0 Å². The van der Waals surface area contributed by atoms with Crippen LogP contribution in [0, 0.1) is 0 Å². The first-order chi connectivity index (χ1) is 8.69. The van der Waals surface area contributed by atoms with E-state index in [0.29, 0.717) is 17.6 Å². The molecule has 0 aliphatic heterocycles. The third-order valence-corrected chi connectivity index (χ3v) is 4.45. The van der Waals surface area contributed by atoms with E-state index in [1.807, 2.05) is 0 Å². The Morgan fingerprint density at radius 2 is 0.722 bits per heavy atom. The average Bonchev–Trinajstić information content (AvgIpc) is 2.43. The Morgan fingerprint density at radius 1 is 0.500 bits per heavy atom. The summed E-state index contributed by atoms with van der Waals surface area (Å²) in [7, 11) is 0. The van der Waals surface area contributed by atoms with Crippen LogP contribution in [-0.2, 0) is 36.9 Å². The summed E-state index contributed by atoms with van der Waals surface area (Å²) in [5.74, 6) is 1.64. The third-order valence-electron chi connectivity index (χ3n) is 3.65. The number of halogens is 3. The molecule has 0 spiro atoms. The predicted molar refractivity (Wildman–Crippen MR) is 83.2 cm³/mol. The Kier molecular flexibility index (Phi) is 6.84. The standard InChI is InChI=1S/C15H21Cl3/c1-4-10-13(7-16)11(5-2)15(9-18)12(6-3)14(10)8-17/h4-9H2,1-3H3. The molecule has 0 amide bonds. The first-order valence-corrected chi connectivity index (χ1v) is 8.15. The molecule has 0 bridgehead atoms. The second-order valence-corrected chi connectivity index (χ2v) is 5.13. The largest absolute Gasteiger partial charge is 0.122 e. The molecule has 0 aliphatic carbocycles. The van der Waals surface area contributed by atoms with Crippen LogP contribution in [0.25, 0.3) is 0 Å². The summed E-state index contributed by atoms with van der Waals surface area (Å²) in [5.41, 5.74) is 7.77. The van der Waals surface area contributed by atoms with Crippen LogP contribution in [0.3, 0.4) is 0 Å². The molecule has 0 radical (unpaired) electrons. The lowest BCUT2D eigenvalue weighted by Gasteiger charge is -2.23. The Hall–Kier alpha value is 0.0900. The van der Waals surface area contributed by atoms with Gasteiger partial charge in [0.15, 0.2) is 0 Å². The van der Waals surface area contributed by atoms with E-state index < -0.39 is 0 Å². The fourth-order valence-corrected chi connectivity index (χ4v) is 3.82. The molecule has 0 saturated carbocycles. The lowest BCUT2D eigenvalue weighted by atomic mass is 9.85. The Labute approximate surface area is 126 Å². The second kappa shape index (κ2) is 7.62. The molecular formula is C15H21Cl3. The van der Waals surface area contributed by atoms with E-state index in [1.54, 1.807) is 0 Å².